The van der Waals surface area contributed by atoms with E-state index in [0.29, 0.717) is 11.6 Å². The van der Waals surface area contributed by atoms with Gasteiger partial charge in [0.05, 0.1) is 19.7 Å². The van der Waals surface area contributed by atoms with Crippen molar-refractivity contribution in [2.75, 3.05) is 13.7 Å². The van der Waals surface area contributed by atoms with Gasteiger partial charge in [-0.05, 0) is 36.0 Å². The first-order chi connectivity index (χ1) is 9.67. The van der Waals surface area contributed by atoms with E-state index in [0.717, 1.165) is 23.7 Å². The Morgan fingerprint density at radius 1 is 1.45 bits per heavy atom. The van der Waals surface area contributed by atoms with Gasteiger partial charge in [0.1, 0.15) is 5.75 Å². The van der Waals surface area contributed by atoms with Crippen LogP contribution in [0.3, 0.4) is 0 Å². The lowest BCUT2D eigenvalue weighted by Crippen LogP contribution is -2.22. The van der Waals surface area contributed by atoms with E-state index in [1.807, 2.05) is 32.0 Å². The first kappa shape index (κ1) is 14.7. The number of hydrogen-bond donors (Lipinski definition) is 1. The van der Waals surface area contributed by atoms with Crippen LogP contribution in [0.25, 0.3) is 0 Å². The summed E-state index contributed by atoms with van der Waals surface area (Å²) in [4.78, 5) is 0. The second-order valence-corrected chi connectivity index (χ2v) is 4.80. The number of hydrogen-bond acceptors (Lipinski definition) is 5. The van der Waals surface area contributed by atoms with Gasteiger partial charge in [-0.3, -0.25) is 0 Å². The Morgan fingerprint density at radius 2 is 2.25 bits per heavy atom. The molecule has 0 aliphatic carbocycles. The predicted molar refractivity (Wildman–Crippen MR) is 77.0 cm³/mol. The smallest absolute Gasteiger partial charge is 0.168 e. The van der Waals surface area contributed by atoms with E-state index in [1.54, 1.807) is 11.8 Å². The molecule has 0 fully saturated rings. The van der Waals surface area contributed by atoms with Crippen LogP contribution in [-0.4, -0.2) is 33.9 Å². The van der Waals surface area contributed by atoms with Crippen LogP contribution >= 0.6 is 11.6 Å². The molecular weight excluding hydrogens is 278 g/mol. The molecule has 108 valence electrons. The summed E-state index contributed by atoms with van der Waals surface area (Å²) in [5, 5.41) is 15.8. The van der Waals surface area contributed by atoms with Crippen molar-refractivity contribution in [2.45, 2.75) is 26.4 Å². The van der Waals surface area contributed by atoms with Gasteiger partial charge in [-0.2, -0.15) is 0 Å². The van der Waals surface area contributed by atoms with Gasteiger partial charge in [0.2, 0.25) is 0 Å². The van der Waals surface area contributed by atoms with Crippen LogP contribution in [0, 0.1) is 0 Å². The molecule has 1 N–H and O–H groups in total. The average molecular weight is 296 g/mol. The third-order valence-electron chi connectivity index (χ3n) is 3.06. The maximum atomic E-state index is 6.24. The van der Waals surface area contributed by atoms with Crippen molar-refractivity contribution in [3.8, 4) is 5.75 Å². The second kappa shape index (κ2) is 6.67. The minimum absolute atomic E-state index is 0.0727. The summed E-state index contributed by atoms with van der Waals surface area (Å²) in [6, 6.07) is 5.63. The highest BCUT2D eigenvalue weighted by atomic mass is 35.5. The van der Waals surface area contributed by atoms with Gasteiger partial charge < -0.3 is 10.1 Å². The largest absolute Gasteiger partial charge is 0.496 e. The lowest BCUT2D eigenvalue weighted by atomic mass is 10.2. The van der Waals surface area contributed by atoms with Crippen molar-refractivity contribution in [2.24, 2.45) is 0 Å². The summed E-state index contributed by atoms with van der Waals surface area (Å²) in [7, 11) is 1.62. The molecule has 20 heavy (non-hydrogen) atoms. The summed E-state index contributed by atoms with van der Waals surface area (Å²) < 4.78 is 7.07. The highest BCUT2D eigenvalue weighted by molar-refractivity contribution is 6.31. The molecular formula is C13H18ClN5O. The Morgan fingerprint density at radius 3 is 2.95 bits per heavy atom. The number of methoxy groups -OCH3 is 1. The van der Waals surface area contributed by atoms with E-state index in [-0.39, 0.29) is 6.04 Å². The van der Waals surface area contributed by atoms with Crippen LogP contribution in [0.15, 0.2) is 18.2 Å². The molecule has 0 saturated carbocycles. The fraction of sp³-hybridized carbons (Fsp3) is 0.462. The van der Waals surface area contributed by atoms with E-state index in [2.05, 4.69) is 20.8 Å². The topological polar surface area (TPSA) is 64.9 Å². The van der Waals surface area contributed by atoms with E-state index in [9.17, 15) is 0 Å². The molecule has 0 saturated heterocycles. The zero-order valence-corrected chi connectivity index (χ0v) is 12.6. The Balaban J connectivity index is 2.29. The zero-order chi connectivity index (χ0) is 14.5. The SMILES string of the molecule is CCNC(C)c1nnnn1Cc1c(Cl)cccc1OC. The lowest BCUT2D eigenvalue weighted by Gasteiger charge is -2.14. The van der Waals surface area contributed by atoms with Crippen molar-refractivity contribution in [1.82, 2.24) is 25.5 Å². The Kier molecular flexibility index (Phi) is 4.92. The van der Waals surface area contributed by atoms with Crippen LogP contribution in [-0.2, 0) is 6.54 Å². The third kappa shape index (κ3) is 3.08. The number of nitrogens with zero attached hydrogens (tertiary/aromatic N) is 4. The highest BCUT2D eigenvalue weighted by Gasteiger charge is 2.16. The number of nitrogens with one attached hydrogen (secondary N) is 1. The summed E-state index contributed by atoms with van der Waals surface area (Å²) >= 11 is 6.24. The monoisotopic (exact) mass is 295 g/mol. The summed E-state index contributed by atoms with van der Waals surface area (Å²) in [5.41, 5.74) is 0.869. The van der Waals surface area contributed by atoms with Gasteiger partial charge in [-0.1, -0.05) is 24.6 Å². The van der Waals surface area contributed by atoms with E-state index in [4.69, 9.17) is 16.3 Å². The Bertz CT molecular complexity index is 572. The van der Waals surface area contributed by atoms with Crippen molar-refractivity contribution in [1.29, 1.82) is 0 Å². The maximum absolute atomic E-state index is 6.24. The molecule has 0 aliphatic heterocycles. The molecule has 1 aromatic heterocycles. The first-order valence-corrected chi connectivity index (χ1v) is 6.86. The molecule has 0 aliphatic rings. The van der Waals surface area contributed by atoms with Gasteiger partial charge in [0.15, 0.2) is 5.82 Å². The van der Waals surface area contributed by atoms with Crippen molar-refractivity contribution >= 4 is 11.6 Å². The van der Waals surface area contributed by atoms with Crippen LogP contribution in [0.4, 0.5) is 0 Å². The fourth-order valence-electron chi connectivity index (χ4n) is 2.07. The van der Waals surface area contributed by atoms with Crippen LogP contribution in [0.2, 0.25) is 5.02 Å². The normalized spacial score (nSPS) is 12.4. The summed E-state index contributed by atoms with van der Waals surface area (Å²) in [6.07, 6.45) is 0. The van der Waals surface area contributed by atoms with Crippen LogP contribution in [0.1, 0.15) is 31.3 Å². The number of tetrazole rings is 1. The molecule has 1 heterocycles. The lowest BCUT2D eigenvalue weighted by molar-refractivity contribution is 0.405. The summed E-state index contributed by atoms with van der Waals surface area (Å²) in [6.45, 7) is 5.39. The van der Waals surface area contributed by atoms with E-state index < -0.39 is 0 Å². The molecule has 0 bridgehead atoms. The van der Waals surface area contributed by atoms with Crippen molar-refractivity contribution < 1.29 is 4.74 Å². The first-order valence-electron chi connectivity index (χ1n) is 6.48. The molecule has 0 spiro atoms. The highest BCUT2D eigenvalue weighted by Crippen LogP contribution is 2.27. The van der Waals surface area contributed by atoms with Crippen LogP contribution in [0.5, 0.6) is 5.75 Å². The molecule has 0 amide bonds. The molecule has 2 rings (SSSR count). The Labute approximate surface area is 123 Å². The van der Waals surface area contributed by atoms with Crippen molar-refractivity contribution in [3.05, 3.63) is 34.6 Å². The number of ether oxygens (including phenoxy) is 1. The molecule has 1 atom stereocenters. The van der Waals surface area contributed by atoms with Gasteiger partial charge in [0, 0.05) is 10.6 Å². The standard InChI is InChI=1S/C13H18ClN5O/c1-4-15-9(2)13-16-17-18-19(13)8-10-11(14)6-5-7-12(10)20-3/h5-7,9,15H,4,8H2,1-3H3. The number of aromatic nitrogens is 4. The molecule has 1 unspecified atom stereocenters. The number of benzene rings is 1. The molecule has 7 heteroatoms. The molecule has 0 radical (unpaired) electrons. The number of rotatable bonds is 6. The molecule has 2 aromatic rings. The summed E-state index contributed by atoms with van der Waals surface area (Å²) in [5.74, 6) is 1.50. The van der Waals surface area contributed by atoms with Gasteiger partial charge in [0.25, 0.3) is 0 Å². The number of halogens is 1. The maximum Gasteiger partial charge on any atom is 0.168 e. The molecule has 6 nitrogen and oxygen atoms in total. The minimum atomic E-state index is 0.0727. The van der Waals surface area contributed by atoms with Crippen LogP contribution < -0.4 is 10.1 Å². The van der Waals surface area contributed by atoms with Gasteiger partial charge in [-0.15, -0.1) is 5.10 Å². The fourth-order valence-corrected chi connectivity index (χ4v) is 2.29. The van der Waals surface area contributed by atoms with E-state index >= 15 is 0 Å². The molecule has 1 aromatic carbocycles. The minimum Gasteiger partial charge on any atom is -0.496 e. The zero-order valence-electron chi connectivity index (χ0n) is 11.8. The van der Waals surface area contributed by atoms with Gasteiger partial charge >= 0.3 is 0 Å². The van der Waals surface area contributed by atoms with E-state index in [1.165, 1.54) is 0 Å². The second-order valence-electron chi connectivity index (χ2n) is 4.39. The van der Waals surface area contributed by atoms with Gasteiger partial charge in [-0.25, -0.2) is 4.68 Å². The predicted octanol–water partition coefficient (Wildman–Crippen LogP) is 2.05. The van der Waals surface area contributed by atoms with Crippen molar-refractivity contribution in [3.63, 3.8) is 0 Å². The quantitative estimate of drug-likeness (QED) is 0.883. The Hall–Kier alpha value is -1.66. The average Bonchev–Trinajstić information content (AvgIpc) is 2.89. The third-order valence-corrected chi connectivity index (χ3v) is 3.41.